The topological polar surface area (TPSA) is 102 Å². The van der Waals surface area contributed by atoms with Crippen molar-refractivity contribution in [1.29, 1.82) is 0 Å². The number of benzene rings is 2. The number of phenolic OH excluding ortho intramolecular Hbond substituents is 3. The van der Waals surface area contributed by atoms with Crippen LogP contribution >= 0.6 is 0 Å². The van der Waals surface area contributed by atoms with Gasteiger partial charge in [-0.1, -0.05) is 12.1 Å². The van der Waals surface area contributed by atoms with E-state index in [0.717, 1.165) is 6.07 Å². The van der Waals surface area contributed by atoms with Gasteiger partial charge in [-0.2, -0.15) is 5.10 Å². The third-order valence-electron chi connectivity index (χ3n) is 2.48. The van der Waals surface area contributed by atoms with Crippen molar-refractivity contribution in [2.45, 2.75) is 0 Å². The fraction of sp³-hybridized carbons (Fsp3) is 0. The molecule has 0 aliphatic heterocycles. The molecule has 6 heteroatoms. The first-order valence-electron chi connectivity index (χ1n) is 5.70. The van der Waals surface area contributed by atoms with Gasteiger partial charge in [0.05, 0.1) is 11.8 Å². The van der Waals surface area contributed by atoms with E-state index in [1.54, 1.807) is 12.1 Å². The van der Waals surface area contributed by atoms with E-state index < -0.39 is 5.91 Å². The smallest absolute Gasteiger partial charge is 0.275 e. The fourth-order valence-corrected chi connectivity index (χ4v) is 1.54. The molecule has 6 nitrogen and oxygen atoms in total. The first kappa shape index (κ1) is 13.4. The predicted molar refractivity (Wildman–Crippen MR) is 72.9 cm³/mol. The quantitative estimate of drug-likeness (QED) is 0.503. The first-order chi connectivity index (χ1) is 9.56. The number of hydrogen-bond acceptors (Lipinski definition) is 5. The molecule has 4 N–H and O–H groups in total. The molecule has 0 saturated heterocycles. The largest absolute Gasteiger partial charge is 0.508 e. The maximum atomic E-state index is 11.7. The molecule has 0 fully saturated rings. The number of amides is 1. The van der Waals surface area contributed by atoms with Gasteiger partial charge in [0, 0.05) is 6.07 Å². The van der Waals surface area contributed by atoms with Crippen LogP contribution in [0.4, 0.5) is 0 Å². The molecule has 0 spiro atoms. The van der Waals surface area contributed by atoms with E-state index in [9.17, 15) is 15.0 Å². The number of nitrogens with one attached hydrogen (secondary N) is 1. The molecule has 1 amide bonds. The van der Waals surface area contributed by atoms with Crippen LogP contribution in [0.2, 0.25) is 0 Å². The Morgan fingerprint density at radius 2 is 1.80 bits per heavy atom. The lowest BCUT2D eigenvalue weighted by Crippen LogP contribution is -2.17. The first-order valence-corrected chi connectivity index (χ1v) is 5.70. The van der Waals surface area contributed by atoms with Crippen LogP contribution in [0.15, 0.2) is 47.6 Å². The molecule has 2 rings (SSSR count). The van der Waals surface area contributed by atoms with E-state index >= 15 is 0 Å². The Bertz CT molecular complexity index is 668. The standard InChI is InChI=1S/C14H12N2O4/c17-10-3-1-2-9(6-10)8-15-16-14(20)12-5-4-11(18)7-13(12)19/h1-8,17-19H,(H,16,20)/b15-8-. The highest BCUT2D eigenvalue weighted by Crippen LogP contribution is 2.22. The highest BCUT2D eigenvalue weighted by Gasteiger charge is 2.10. The van der Waals surface area contributed by atoms with E-state index in [0.29, 0.717) is 5.56 Å². The van der Waals surface area contributed by atoms with Crippen LogP contribution in [0.5, 0.6) is 17.2 Å². The van der Waals surface area contributed by atoms with Gasteiger partial charge in [0.1, 0.15) is 17.2 Å². The molecule has 102 valence electrons. The highest BCUT2D eigenvalue weighted by atomic mass is 16.3. The Labute approximate surface area is 114 Å². The Morgan fingerprint density at radius 3 is 2.50 bits per heavy atom. The van der Waals surface area contributed by atoms with Crippen molar-refractivity contribution in [2.75, 3.05) is 0 Å². The minimum Gasteiger partial charge on any atom is -0.508 e. The Balaban J connectivity index is 2.05. The number of phenols is 3. The number of nitrogens with zero attached hydrogens (tertiary/aromatic N) is 1. The van der Waals surface area contributed by atoms with Crippen LogP contribution < -0.4 is 5.43 Å². The molecule has 0 saturated carbocycles. The summed E-state index contributed by atoms with van der Waals surface area (Å²) in [4.78, 5) is 11.7. The Hall–Kier alpha value is -3.02. The number of rotatable bonds is 3. The average molecular weight is 272 g/mol. The van der Waals surface area contributed by atoms with Crippen molar-refractivity contribution in [2.24, 2.45) is 5.10 Å². The van der Waals surface area contributed by atoms with Gasteiger partial charge in [-0.3, -0.25) is 4.79 Å². The molecular formula is C14H12N2O4. The summed E-state index contributed by atoms with van der Waals surface area (Å²) in [6.45, 7) is 0. The molecule has 0 radical (unpaired) electrons. The number of hydrogen-bond donors (Lipinski definition) is 4. The van der Waals surface area contributed by atoms with Gasteiger partial charge in [-0.05, 0) is 29.8 Å². The zero-order valence-electron chi connectivity index (χ0n) is 10.3. The van der Waals surface area contributed by atoms with E-state index in [4.69, 9.17) is 5.11 Å². The summed E-state index contributed by atoms with van der Waals surface area (Å²) in [5.74, 6) is -0.993. The fourth-order valence-electron chi connectivity index (χ4n) is 1.54. The monoisotopic (exact) mass is 272 g/mol. The minimum atomic E-state index is -0.612. The highest BCUT2D eigenvalue weighted by molar-refractivity contribution is 5.97. The van der Waals surface area contributed by atoms with Crippen LogP contribution in [-0.4, -0.2) is 27.4 Å². The van der Waals surface area contributed by atoms with E-state index in [-0.39, 0.29) is 22.8 Å². The number of carbonyl (C=O) groups is 1. The molecule has 0 unspecified atom stereocenters. The summed E-state index contributed by atoms with van der Waals surface area (Å²) in [5, 5.41) is 31.6. The van der Waals surface area contributed by atoms with Crippen molar-refractivity contribution in [3.05, 3.63) is 53.6 Å². The molecule has 0 aliphatic carbocycles. The summed E-state index contributed by atoms with van der Waals surface area (Å²) in [6, 6.07) is 9.97. The van der Waals surface area contributed by atoms with Crippen LogP contribution in [-0.2, 0) is 0 Å². The van der Waals surface area contributed by atoms with Crippen molar-refractivity contribution in [3.63, 3.8) is 0 Å². The van der Waals surface area contributed by atoms with Gasteiger partial charge >= 0.3 is 0 Å². The SMILES string of the molecule is O=C(N/N=C\c1cccc(O)c1)c1ccc(O)cc1O. The summed E-state index contributed by atoms with van der Waals surface area (Å²) >= 11 is 0. The van der Waals surface area contributed by atoms with Gasteiger partial charge in [-0.15, -0.1) is 0 Å². The van der Waals surface area contributed by atoms with E-state index in [2.05, 4.69) is 10.5 Å². The zero-order valence-corrected chi connectivity index (χ0v) is 10.3. The van der Waals surface area contributed by atoms with E-state index in [1.807, 2.05) is 0 Å². The lowest BCUT2D eigenvalue weighted by molar-refractivity contribution is 0.0952. The predicted octanol–water partition coefficient (Wildman–Crippen LogP) is 1.57. The van der Waals surface area contributed by atoms with Crippen LogP contribution in [0.1, 0.15) is 15.9 Å². The second-order valence-electron chi connectivity index (χ2n) is 4.00. The lowest BCUT2D eigenvalue weighted by atomic mass is 10.2. The van der Waals surface area contributed by atoms with Gasteiger partial charge in [-0.25, -0.2) is 5.43 Å². The maximum Gasteiger partial charge on any atom is 0.275 e. The summed E-state index contributed by atoms with van der Waals surface area (Å²) in [7, 11) is 0. The number of aromatic hydroxyl groups is 3. The lowest BCUT2D eigenvalue weighted by Gasteiger charge is -2.03. The number of carbonyl (C=O) groups excluding carboxylic acids is 1. The second kappa shape index (κ2) is 5.75. The molecule has 0 heterocycles. The van der Waals surface area contributed by atoms with E-state index in [1.165, 1.54) is 30.5 Å². The molecule has 0 aromatic heterocycles. The normalized spacial score (nSPS) is 10.6. The van der Waals surface area contributed by atoms with Crippen molar-refractivity contribution in [3.8, 4) is 17.2 Å². The summed E-state index contributed by atoms with van der Waals surface area (Å²) in [6.07, 6.45) is 1.36. The number of hydrazone groups is 1. The van der Waals surface area contributed by atoms with Gasteiger partial charge in [0.25, 0.3) is 5.91 Å². The van der Waals surface area contributed by atoms with Crippen LogP contribution in [0, 0.1) is 0 Å². The van der Waals surface area contributed by atoms with Gasteiger partial charge in [0.15, 0.2) is 0 Å². The Kier molecular flexibility index (Phi) is 3.85. The second-order valence-corrected chi connectivity index (χ2v) is 4.00. The third-order valence-corrected chi connectivity index (χ3v) is 2.48. The zero-order chi connectivity index (χ0) is 14.5. The molecule has 0 atom stereocenters. The molecule has 2 aromatic rings. The molecule has 2 aromatic carbocycles. The van der Waals surface area contributed by atoms with Crippen LogP contribution in [0.3, 0.4) is 0 Å². The molecule has 0 bridgehead atoms. The van der Waals surface area contributed by atoms with Gasteiger partial charge < -0.3 is 15.3 Å². The van der Waals surface area contributed by atoms with Gasteiger partial charge in [0.2, 0.25) is 0 Å². The molecular weight excluding hydrogens is 260 g/mol. The van der Waals surface area contributed by atoms with Crippen LogP contribution in [0.25, 0.3) is 0 Å². The minimum absolute atomic E-state index is 0.00383. The van der Waals surface area contributed by atoms with Crippen molar-refractivity contribution < 1.29 is 20.1 Å². The third kappa shape index (κ3) is 3.26. The maximum absolute atomic E-state index is 11.7. The molecule has 0 aliphatic rings. The summed E-state index contributed by atoms with van der Waals surface area (Å²) in [5.41, 5.74) is 2.84. The molecule has 20 heavy (non-hydrogen) atoms. The van der Waals surface area contributed by atoms with Crippen molar-refractivity contribution >= 4 is 12.1 Å². The summed E-state index contributed by atoms with van der Waals surface area (Å²) < 4.78 is 0. The van der Waals surface area contributed by atoms with Crippen molar-refractivity contribution in [1.82, 2.24) is 5.43 Å². The average Bonchev–Trinajstić information content (AvgIpc) is 2.38. The Morgan fingerprint density at radius 1 is 1.05 bits per heavy atom.